The molecule has 10 N–H and O–H groups in total. The van der Waals surface area contributed by atoms with E-state index < -0.39 is 0 Å². The van der Waals surface area contributed by atoms with Crippen molar-refractivity contribution in [1.82, 2.24) is 14.7 Å². The van der Waals surface area contributed by atoms with Gasteiger partial charge in [-0.3, -0.25) is 14.7 Å². The number of aliphatic hydroxyl groups excluding tert-OH is 10. The summed E-state index contributed by atoms with van der Waals surface area (Å²) in [4.78, 5) is 5.38. The first-order chi connectivity index (χ1) is 16.3. The first-order valence-electron chi connectivity index (χ1n) is 11.6. The average molecular weight is 556 g/mol. The maximum absolute atomic E-state index is 8.48. The molecule has 0 saturated heterocycles. The first-order valence-corrected chi connectivity index (χ1v) is 11.6. The maximum Gasteiger partial charge on any atom is 4.00 e. The Balaban J connectivity index is -0.000000118. The molecule has 212 valence electrons. The number of rotatable bonds is 18. The van der Waals surface area contributed by atoms with Crippen molar-refractivity contribution in [3.05, 3.63) is 0 Å². The van der Waals surface area contributed by atoms with Crippen LogP contribution in [-0.2, 0) is 21.7 Å². The van der Waals surface area contributed by atoms with Crippen LogP contribution in [0.25, 0.3) is 0 Å². The van der Waals surface area contributed by atoms with Crippen LogP contribution < -0.4 is 0 Å². The van der Waals surface area contributed by atoms with Gasteiger partial charge in [-0.1, -0.05) is 0 Å². The Labute approximate surface area is 225 Å². The number of hydrogen-bond acceptors (Lipinski definition) is 13. The topological polar surface area (TPSA) is 212 Å². The molecule has 0 fully saturated rings. The van der Waals surface area contributed by atoms with Gasteiger partial charge >= 0.3 is 21.7 Å². The smallest absolute Gasteiger partial charge is 0.395 e. The van der Waals surface area contributed by atoms with E-state index in [1.807, 2.05) is 0 Å². The Morgan fingerprint density at radius 1 is 0.371 bits per heavy atom. The second-order valence-electron chi connectivity index (χ2n) is 7.13. The van der Waals surface area contributed by atoms with Gasteiger partial charge in [-0.05, 0) is 13.8 Å². The molecule has 0 aromatic heterocycles. The molecule has 0 spiro atoms. The molecular formula is C21H53N3O10Ti+4. The fraction of sp³-hybridized carbons (Fsp3) is 1.00. The maximum atomic E-state index is 8.48. The van der Waals surface area contributed by atoms with Crippen molar-refractivity contribution in [2.75, 3.05) is 118 Å². The van der Waals surface area contributed by atoms with Crippen molar-refractivity contribution >= 4 is 0 Å². The van der Waals surface area contributed by atoms with Gasteiger partial charge in [-0.15, -0.1) is 0 Å². The predicted octanol–water partition coefficient (Wildman–Crippen LogP) is -4.82. The van der Waals surface area contributed by atoms with E-state index in [9.17, 15) is 0 Å². The van der Waals surface area contributed by atoms with E-state index in [-0.39, 0.29) is 87.3 Å². The van der Waals surface area contributed by atoms with Crippen molar-refractivity contribution in [3.8, 4) is 0 Å². The quantitative estimate of drug-likeness (QED) is 0.0720. The molecule has 0 radical (unpaired) electrons. The molecule has 0 saturated carbocycles. The number of aliphatic hydroxyl groups is 10. The summed E-state index contributed by atoms with van der Waals surface area (Å²) in [5.74, 6) is 0. The third-order valence-electron chi connectivity index (χ3n) is 3.75. The summed E-state index contributed by atoms with van der Waals surface area (Å²) >= 11 is 0. The summed E-state index contributed by atoms with van der Waals surface area (Å²) in [6, 6.07) is 0. The van der Waals surface area contributed by atoms with E-state index in [2.05, 4.69) is 0 Å². The van der Waals surface area contributed by atoms with Crippen LogP contribution in [0.1, 0.15) is 13.8 Å². The third-order valence-corrected chi connectivity index (χ3v) is 3.75. The Morgan fingerprint density at radius 3 is 0.514 bits per heavy atom. The summed E-state index contributed by atoms with van der Waals surface area (Å²) in [6.07, 6.45) is -0.167. The van der Waals surface area contributed by atoms with Crippen LogP contribution in [0.4, 0.5) is 0 Å². The molecule has 0 rings (SSSR count). The molecule has 0 amide bonds. The minimum Gasteiger partial charge on any atom is -0.395 e. The largest absolute Gasteiger partial charge is 4.00 e. The van der Waals surface area contributed by atoms with Gasteiger partial charge in [0.25, 0.3) is 0 Å². The van der Waals surface area contributed by atoms with Gasteiger partial charge in [-0.2, -0.15) is 0 Å². The molecular weight excluding hydrogens is 502 g/mol. The number of nitrogens with zero attached hydrogens (tertiary/aromatic N) is 3. The fourth-order valence-corrected chi connectivity index (χ4v) is 2.28. The summed E-state index contributed by atoms with van der Waals surface area (Å²) < 4.78 is 0. The zero-order valence-electron chi connectivity index (χ0n) is 21.6. The third kappa shape index (κ3) is 47.9. The van der Waals surface area contributed by atoms with Crippen LogP contribution in [0.15, 0.2) is 0 Å². The molecule has 0 aliphatic rings. The van der Waals surface area contributed by atoms with E-state index in [4.69, 9.17) is 51.1 Å². The Bertz CT molecular complexity index is 253. The molecule has 0 aliphatic heterocycles. The van der Waals surface area contributed by atoms with Crippen molar-refractivity contribution in [2.45, 2.75) is 20.0 Å². The Morgan fingerprint density at radius 2 is 0.457 bits per heavy atom. The van der Waals surface area contributed by atoms with E-state index in [0.717, 1.165) is 0 Å². The van der Waals surface area contributed by atoms with Crippen molar-refractivity contribution in [3.63, 3.8) is 0 Å². The zero-order chi connectivity index (χ0) is 27.0. The SMILES string of the molecule is CC(C)O.OCCN(CCO)CCO.OCCN(CCO)CCO.OCCN(CCO)CCO.[Ti+4]. The number of hydrogen-bond donors (Lipinski definition) is 10. The molecule has 0 atom stereocenters. The molecule has 0 aromatic rings. The van der Waals surface area contributed by atoms with Gasteiger partial charge < -0.3 is 51.1 Å². The Kier molecular flexibility index (Phi) is 53.3. The molecule has 0 unspecified atom stereocenters. The molecule has 0 aliphatic carbocycles. The standard InChI is InChI=1S/3C6H15NO3.C3H8O.Ti/c3*8-4-1-7(2-5-9)3-6-10;1-3(2)4;/h3*8-10H,1-6H2;3-4H,1-2H3;/q;;;;+4. The fourth-order valence-electron chi connectivity index (χ4n) is 2.28. The van der Waals surface area contributed by atoms with Gasteiger partial charge in [0, 0.05) is 65.0 Å². The summed E-state index contributed by atoms with van der Waals surface area (Å²) in [5.41, 5.74) is 0. The predicted molar refractivity (Wildman–Crippen MR) is 130 cm³/mol. The van der Waals surface area contributed by atoms with Gasteiger partial charge in [0.15, 0.2) is 0 Å². The minimum atomic E-state index is -0.167. The summed E-state index contributed by atoms with van der Waals surface area (Å²) in [5, 5.41) is 84.4. The molecule has 0 aromatic carbocycles. The second kappa shape index (κ2) is 41.3. The molecule has 14 heteroatoms. The van der Waals surface area contributed by atoms with Crippen LogP contribution in [-0.4, -0.2) is 190 Å². The first kappa shape index (κ1) is 45.1. The van der Waals surface area contributed by atoms with E-state index in [1.54, 1.807) is 28.5 Å². The summed E-state index contributed by atoms with van der Waals surface area (Å²) in [6.45, 7) is 8.70. The van der Waals surface area contributed by atoms with Crippen LogP contribution in [0.2, 0.25) is 0 Å². The van der Waals surface area contributed by atoms with Gasteiger partial charge in [0.05, 0.1) is 59.5 Å². The van der Waals surface area contributed by atoms with Crippen LogP contribution in [0.3, 0.4) is 0 Å². The van der Waals surface area contributed by atoms with Crippen molar-refractivity contribution < 1.29 is 72.8 Å². The van der Waals surface area contributed by atoms with E-state index in [0.29, 0.717) is 58.9 Å². The molecule has 0 bridgehead atoms. The van der Waals surface area contributed by atoms with Crippen LogP contribution in [0.5, 0.6) is 0 Å². The molecule has 0 heterocycles. The van der Waals surface area contributed by atoms with Gasteiger partial charge in [0.1, 0.15) is 0 Å². The van der Waals surface area contributed by atoms with Crippen molar-refractivity contribution in [2.24, 2.45) is 0 Å². The van der Waals surface area contributed by atoms with E-state index >= 15 is 0 Å². The van der Waals surface area contributed by atoms with Gasteiger partial charge in [-0.25, -0.2) is 0 Å². The normalized spacial score (nSPS) is 10.3. The van der Waals surface area contributed by atoms with Crippen molar-refractivity contribution in [1.29, 1.82) is 0 Å². The monoisotopic (exact) mass is 555 g/mol. The minimum absolute atomic E-state index is 0. The second-order valence-corrected chi connectivity index (χ2v) is 7.13. The van der Waals surface area contributed by atoms with Gasteiger partial charge in [0.2, 0.25) is 0 Å². The molecule has 13 nitrogen and oxygen atoms in total. The zero-order valence-corrected chi connectivity index (χ0v) is 23.2. The van der Waals surface area contributed by atoms with E-state index in [1.165, 1.54) is 0 Å². The summed E-state index contributed by atoms with van der Waals surface area (Å²) in [7, 11) is 0. The molecule has 35 heavy (non-hydrogen) atoms. The average Bonchev–Trinajstić information content (AvgIpc) is 2.76. The van der Waals surface area contributed by atoms with Crippen LogP contribution in [0, 0.1) is 0 Å². The van der Waals surface area contributed by atoms with Crippen LogP contribution >= 0.6 is 0 Å². The Hall–Kier alpha value is 0.194.